The van der Waals surface area contributed by atoms with Crippen LogP contribution in [-0.2, 0) is 0 Å². The lowest BCUT2D eigenvalue weighted by molar-refractivity contribution is 0.0773. The van der Waals surface area contributed by atoms with E-state index in [0.29, 0.717) is 22.5 Å². The highest BCUT2D eigenvalue weighted by Gasteiger charge is 2.31. The summed E-state index contributed by atoms with van der Waals surface area (Å²) in [4.78, 5) is 21.4. The number of carbonyl (C=O) groups excluding carboxylic acids is 1. The quantitative estimate of drug-likeness (QED) is 0.907. The van der Waals surface area contributed by atoms with Crippen molar-refractivity contribution in [2.75, 3.05) is 39.3 Å². The molecule has 3 heterocycles. The maximum Gasteiger partial charge on any atom is 0.255 e. The first-order chi connectivity index (χ1) is 11.7. The van der Waals surface area contributed by atoms with Crippen molar-refractivity contribution >= 4 is 16.8 Å². The number of pyridine rings is 1. The Balaban J connectivity index is 1.49. The van der Waals surface area contributed by atoms with E-state index in [-0.39, 0.29) is 11.7 Å². The molecule has 0 radical (unpaired) electrons. The molecule has 2 aliphatic heterocycles. The first-order valence-electron chi connectivity index (χ1n) is 8.50. The maximum atomic E-state index is 13.4. The first kappa shape index (κ1) is 15.5. The number of likely N-dealkylation sites (tertiary alicyclic amines) is 1. The van der Waals surface area contributed by atoms with E-state index < -0.39 is 0 Å². The van der Waals surface area contributed by atoms with E-state index >= 15 is 0 Å². The van der Waals surface area contributed by atoms with Gasteiger partial charge >= 0.3 is 0 Å². The molecule has 0 spiro atoms. The van der Waals surface area contributed by atoms with Crippen LogP contribution in [0, 0.1) is 5.82 Å². The summed E-state index contributed by atoms with van der Waals surface area (Å²) in [5.41, 5.74) is 1.24. The fraction of sp³-hybridized carbons (Fsp3) is 0.444. The second-order valence-corrected chi connectivity index (χ2v) is 6.54. The van der Waals surface area contributed by atoms with Crippen molar-refractivity contribution in [3.05, 3.63) is 41.8 Å². The van der Waals surface area contributed by atoms with E-state index in [0.717, 1.165) is 45.7 Å². The zero-order valence-corrected chi connectivity index (χ0v) is 13.5. The number of nitrogens with zero attached hydrogens (tertiary/aromatic N) is 3. The van der Waals surface area contributed by atoms with Crippen molar-refractivity contribution in [1.29, 1.82) is 0 Å². The minimum absolute atomic E-state index is 0.00806. The van der Waals surface area contributed by atoms with Crippen LogP contribution in [0.1, 0.15) is 16.8 Å². The van der Waals surface area contributed by atoms with Crippen LogP contribution in [0.4, 0.5) is 4.39 Å². The highest BCUT2D eigenvalue weighted by atomic mass is 19.1. The Morgan fingerprint density at radius 1 is 1.21 bits per heavy atom. The monoisotopic (exact) mass is 328 g/mol. The molecule has 5 nitrogen and oxygen atoms in total. The number of piperazine rings is 1. The fourth-order valence-corrected chi connectivity index (χ4v) is 3.67. The smallest absolute Gasteiger partial charge is 0.255 e. The van der Waals surface area contributed by atoms with Gasteiger partial charge in [0.15, 0.2) is 0 Å². The highest BCUT2D eigenvalue weighted by Crippen LogP contribution is 2.20. The number of hydrogen-bond donors (Lipinski definition) is 1. The average molecular weight is 328 g/mol. The van der Waals surface area contributed by atoms with Gasteiger partial charge < -0.3 is 10.2 Å². The summed E-state index contributed by atoms with van der Waals surface area (Å²) in [6, 6.07) is 6.63. The van der Waals surface area contributed by atoms with Gasteiger partial charge in [-0.2, -0.15) is 0 Å². The molecule has 1 aromatic heterocycles. The number of rotatable bonds is 2. The molecule has 1 unspecified atom stereocenters. The molecule has 2 fully saturated rings. The summed E-state index contributed by atoms with van der Waals surface area (Å²) in [7, 11) is 0. The third kappa shape index (κ3) is 2.99. The zero-order chi connectivity index (χ0) is 16.5. The van der Waals surface area contributed by atoms with Crippen molar-refractivity contribution in [1.82, 2.24) is 20.1 Å². The number of hydrogen-bond acceptors (Lipinski definition) is 4. The van der Waals surface area contributed by atoms with Crippen molar-refractivity contribution < 1.29 is 9.18 Å². The van der Waals surface area contributed by atoms with Crippen molar-refractivity contribution in [3.8, 4) is 0 Å². The lowest BCUT2D eigenvalue weighted by Crippen LogP contribution is -2.49. The van der Waals surface area contributed by atoms with Crippen LogP contribution in [0.2, 0.25) is 0 Å². The Kier molecular flexibility index (Phi) is 4.16. The number of benzene rings is 1. The largest absolute Gasteiger partial charge is 0.337 e. The average Bonchev–Trinajstić information content (AvgIpc) is 3.11. The van der Waals surface area contributed by atoms with E-state index in [1.54, 1.807) is 18.3 Å². The molecule has 1 amide bonds. The van der Waals surface area contributed by atoms with Gasteiger partial charge in [-0.15, -0.1) is 0 Å². The number of carbonyl (C=O) groups is 1. The number of fused-ring (bicyclic) bond motifs is 1. The lowest BCUT2D eigenvalue weighted by atomic mass is 10.1. The number of amides is 1. The molecular formula is C18H21FN4O. The maximum absolute atomic E-state index is 13.4. The molecule has 2 saturated heterocycles. The zero-order valence-electron chi connectivity index (χ0n) is 13.5. The molecule has 2 aromatic rings. The molecule has 24 heavy (non-hydrogen) atoms. The van der Waals surface area contributed by atoms with Crippen molar-refractivity contribution in [2.24, 2.45) is 0 Å². The van der Waals surface area contributed by atoms with E-state index in [2.05, 4.69) is 15.2 Å². The van der Waals surface area contributed by atoms with E-state index in [1.165, 1.54) is 12.1 Å². The Morgan fingerprint density at radius 3 is 2.88 bits per heavy atom. The molecule has 4 rings (SSSR count). The molecule has 1 atom stereocenters. The van der Waals surface area contributed by atoms with Crippen LogP contribution < -0.4 is 5.32 Å². The van der Waals surface area contributed by atoms with Crippen LogP contribution >= 0.6 is 0 Å². The molecule has 1 aromatic carbocycles. The van der Waals surface area contributed by atoms with Crippen LogP contribution in [-0.4, -0.2) is 66.0 Å². The van der Waals surface area contributed by atoms with Crippen LogP contribution in [0.15, 0.2) is 30.5 Å². The van der Waals surface area contributed by atoms with Gasteiger partial charge in [0.2, 0.25) is 0 Å². The SMILES string of the molecule is O=C(c1cnc2ccc(F)cc2c1)N1CCC(N2CCNCC2)C1. The molecular weight excluding hydrogens is 307 g/mol. The van der Waals surface area contributed by atoms with E-state index in [9.17, 15) is 9.18 Å². The molecule has 126 valence electrons. The van der Waals surface area contributed by atoms with Crippen LogP contribution in [0.25, 0.3) is 10.9 Å². The summed E-state index contributed by atoms with van der Waals surface area (Å²) in [5.74, 6) is -0.319. The number of aromatic nitrogens is 1. The Bertz CT molecular complexity index is 760. The van der Waals surface area contributed by atoms with Gasteiger partial charge in [-0.1, -0.05) is 0 Å². The fourth-order valence-electron chi connectivity index (χ4n) is 3.67. The van der Waals surface area contributed by atoms with E-state index in [4.69, 9.17) is 0 Å². The molecule has 0 bridgehead atoms. The van der Waals surface area contributed by atoms with Gasteiger partial charge in [0.25, 0.3) is 5.91 Å². The Morgan fingerprint density at radius 2 is 2.04 bits per heavy atom. The highest BCUT2D eigenvalue weighted by molar-refractivity contribution is 5.97. The Hall–Kier alpha value is -2.05. The minimum Gasteiger partial charge on any atom is -0.337 e. The Labute approximate surface area is 140 Å². The van der Waals surface area contributed by atoms with Gasteiger partial charge in [-0.05, 0) is 30.7 Å². The van der Waals surface area contributed by atoms with Crippen molar-refractivity contribution in [2.45, 2.75) is 12.5 Å². The van der Waals surface area contributed by atoms with Crippen molar-refractivity contribution in [3.63, 3.8) is 0 Å². The van der Waals surface area contributed by atoms with Gasteiger partial charge in [0.05, 0.1) is 11.1 Å². The van der Waals surface area contributed by atoms with Gasteiger partial charge in [-0.25, -0.2) is 4.39 Å². The molecule has 0 saturated carbocycles. The summed E-state index contributed by atoms with van der Waals surface area (Å²) in [5, 5.41) is 4.02. The summed E-state index contributed by atoms with van der Waals surface area (Å²) >= 11 is 0. The summed E-state index contributed by atoms with van der Waals surface area (Å²) in [6.45, 7) is 5.66. The minimum atomic E-state index is -0.311. The van der Waals surface area contributed by atoms with Gasteiger partial charge in [0.1, 0.15) is 5.82 Å². The first-order valence-corrected chi connectivity index (χ1v) is 8.50. The predicted octanol–water partition coefficient (Wildman–Crippen LogP) is 1.49. The molecule has 2 aliphatic rings. The third-order valence-corrected chi connectivity index (χ3v) is 5.01. The molecule has 6 heteroatoms. The summed E-state index contributed by atoms with van der Waals surface area (Å²) in [6.07, 6.45) is 2.61. The topological polar surface area (TPSA) is 48.5 Å². The second kappa shape index (κ2) is 6.45. The number of halogens is 1. The molecule has 0 aliphatic carbocycles. The van der Waals surface area contributed by atoms with Gasteiger partial charge in [0, 0.05) is 56.9 Å². The molecule has 1 N–H and O–H groups in total. The third-order valence-electron chi connectivity index (χ3n) is 5.01. The standard InChI is InChI=1S/C18H21FN4O/c19-15-1-2-17-13(10-15)9-14(11-21-17)18(24)23-6-3-16(12-23)22-7-4-20-5-8-22/h1-2,9-11,16,20H,3-8,12H2. The van der Waals surface area contributed by atoms with Gasteiger partial charge in [-0.3, -0.25) is 14.7 Å². The summed E-state index contributed by atoms with van der Waals surface area (Å²) < 4.78 is 13.4. The lowest BCUT2D eigenvalue weighted by Gasteiger charge is -2.32. The van der Waals surface area contributed by atoms with E-state index in [1.807, 2.05) is 4.90 Å². The number of nitrogens with one attached hydrogen (secondary N) is 1. The van der Waals surface area contributed by atoms with Crippen LogP contribution in [0.3, 0.4) is 0 Å². The predicted molar refractivity (Wildman–Crippen MR) is 90.5 cm³/mol. The second-order valence-electron chi connectivity index (χ2n) is 6.54. The van der Waals surface area contributed by atoms with Crippen LogP contribution in [0.5, 0.6) is 0 Å². The normalized spacial score (nSPS) is 22.2.